The number of halogens is 1. The number of carbonyl (C=O) groups is 1. The van der Waals surface area contributed by atoms with Crippen LogP contribution in [0.15, 0.2) is 47.4 Å². The van der Waals surface area contributed by atoms with Crippen LogP contribution in [0, 0.1) is 0 Å². The van der Waals surface area contributed by atoms with Gasteiger partial charge in [-0.05, 0) is 55.3 Å². The second kappa shape index (κ2) is 10.5. The highest BCUT2D eigenvalue weighted by atomic mass is 35.5. The Hall–Kier alpha value is -2.09. The van der Waals surface area contributed by atoms with Crippen LogP contribution in [0.2, 0.25) is 5.02 Å². The van der Waals surface area contributed by atoms with Crippen LogP contribution in [0.4, 0.5) is 11.4 Å². The number of nitrogens with zero attached hydrogens (tertiary/aromatic N) is 2. The van der Waals surface area contributed by atoms with E-state index in [0.29, 0.717) is 18.8 Å². The quantitative estimate of drug-likeness (QED) is 0.627. The fourth-order valence-corrected chi connectivity index (χ4v) is 5.52. The molecule has 1 aliphatic heterocycles. The van der Waals surface area contributed by atoms with Crippen LogP contribution in [0.5, 0.6) is 0 Å². The smallest absolute Gasteiger partial charge is 0.257 e. The summed E-state index contributed by atoms with van der Waals surface area (Å²) in [6, 6.07) is 12.0. The lowest BCUT2D eigenvalue weighted by Crippen LogP contribution is -2.30. The highest BCUT2D eigenvalue weighted by Gasteiger charge is 2.24. The predicted octanol–water partition coefficient (Wildman–Crippen LogP) is 5.00. The Bertz CT molecular complexity index is 997. The van der Waals surface area contributed by atoms with E-state index < -0.39 is 15.9 Å². The fraction of sp³-hybridized carbons (Fsp3) is 0.435. The maximum absolute atomic E-state index is 12.8. The molecule has 0 spiro atoms. The van der Waals surface area contributed by atoms with Crippen molar-refractivity contribution in [1.82, 2.24) is 4.31 Å². The van der Waals surface area contributed by atoms with Gasteiger partial charge in [0.2, 0.25) is 10.0 Å². The topological polar surface area (TPSA) is 69.7 Å². The lowest BCUT2D eigenvalue weighted by Gasteiger charge is -2.22. The van der Waals surface area contributed by atoms with Gasteiger partial charge in [0.15, 0.2) is 0 Å². The van der Waals surface area contributed by atoms with Gasteiger partial charge in [-0.2, -0.15) is 4.31 Å². The Morgan fingerprint density at radius 1 is 1.00 bits per heavy atom. The molecule has 1 saturated heterocycles. The minimum atomic E-state index is -3.68. The zero-order valence-corrected chi connectivity index (χ0v) is 19.7. The van der Waals surface area contributed by atoms with Crippen LogP contribution in [0.25, 0.3) is 0 Å². The van der Waals surface area contributed by atoms with Crippen LogP contribution in [-0.2, 0) is 10.0 Å². The third kappa shape index (κ3) is 5.59. The Balaban J connectivity index is 1.77. The van der Waals surface area contributed by atoms with Crippen molar-refractivity contribution in [3.63, 3.8) is 0 Å². The Labute approximate surface area is 190 Å². The van der Waals surface area contributed by atoms with Crippen LogP contribution in [0.3, 0.4) is 0 Å². The summed E-state index contributed by atoms with van der Waals surface area (Å²) in [5, 5.41) is 3.03. The molecule has 1 aliphatic rings. The number of benzene rings is 2. The molecule has 0 saturated carbocycles. The van der Waals surface area contributed by atoms with Crippen molar-refractivity contribution in [2.45, 2.75) is 44.4 Å². The number of rotatable bonds is 7. The Morgan fingerprint density at radius 3 is 2.19 bits per heavy atom. The first kappa shape index (κ1) is 23.6. The van der Waals surface area contributed by atoms with E-state index in [1.807, 2.05) is 24.3 Å². The molecule has 0 aromatic heterocycles. The number of anilines is 2. The third-order valence-corrected chi connectivity index (χ3v) is 8.00. The van der Waals surface area contributed by atoms with Gasteiger partial charge >= 0.3 is 0 Å². The van der Waals surface area contributed by atoms with Crippen molar-refractivity contribution in [2.24, 2.45) is 0 Å². The average molecular weight is 464 g/mol. The zero-order chi connectivity index (χ0) is 22.4. The fourth-order valence-electron chi connectivity index (χ4n) is 3.83. The normalized spacial score (nSPS) is 15.0. The number of carbonyl (C=O) groups excluding carboxylic acids is 1. The molecule has 8 heteroatoms. The van der Waals surface area contributed by atoms with Gasteiger partial charge in [-0.1, -0.05) is 38.3 Å². The second-order valence-electron chi connectivity index (χ2n) is 7.63. The van der Waals surface area contributed by atoms with E-state index >= 15 is 0 Å². The molecular formula is C23H30ClN3O3S. The molecule has 1 heterocycles. The maximum atomic E-state index is 12.8. The Morgan fingerprint density at radius 2 is 1.61 bits per heavy atom. The first-order chi connectivity index (χ1) is 14.9. The first-order valence-electron chi connectivity index (χ1n) is 10.8. The van der Waals surface area contributed by atoms with Gasteiger partial charge in [-0.15, -0.1) is 0 Å². The molecule has 31 heavy (non-hydrogen) atoms. The molecule has 1 fully saturated rings. The number of nitrogens with one attached hydrogen (secondary N) is 1. The zero-order valence-electron chi connectivity index (χ0n) is 18.1. The van der Waals surface area contributed by atoms with E-state index in [1.54, 1.807) is 13.8 Å². The molecule has 2 aromatic rings. The molecular weight excluding hydrogens is 434 g/mol. The summed E-state index contributed by atoms with van der Waals surface area (Å²) in [4.78, 5) is 15.3. The van der Waals surface area contributed by atoms with Gasteiger partial charge in [0, 0.05) is 37.6 Å². The number of hydrogen-bond acceptors (Lipinski definition) is 4. The average Bonchev–Trinajstić information content (AvgIpc) is 3.04. The first-order valence-corrected chi connectivity index (χ1v) is 12.6. The highest BCUT2D eigenvalue weighted by Crippen LogP contribution is 2.25. The van der Waals surface area contributed by atoms with Gasteiger partial charge in [-0.25, -0.2) is 8.42 Å². The molecule has 168 valence electrons. The molecule has 0 bridgehead atoms. The van der Waals surface area contributed by atoms with E-state index in [0.717, 1.165) is 18.8 Å². The van der Waals surface area contributed by atoms with Gasteiger partial charge in [0.1, 0.15) is 0 Å². The van der Waals surface area contributed by atoms with Crippen LogP contribution >= 0.6 is 11.6 Å². The molecule has 0 atom stereocenters. The Kier molecular flexibility index (Phi) is 7.97. The van der Waals surface area contributed by atoms with Crippen LogP contribution < -0.4 is 10.2 Å². The SMILES string of the molecule is CCN(CC)S(=O)(=O)c1ccc(Cl)c(C(=O)Nc2ccc(N3CCCCCC3)cc2)c1. The van der Waals surface area contributed by atoms with E-state index in [9.17, 15) is 13.2 Å². The summed E-state index contributed by atoms with van der Waals surface area (Å²) in [7, 11) is -3.68. The molecule has 0 aliphatic carbocycles. The molecule has 2 aromatic carbocycles. The molecule has 3 rings (SSSR count). The van der Waals surface area contributed by atoms with E-state index in [1.165, 1.54) is 48.2 Å². The van der Waals surface area contributed by atoms with Crippen molar-refractivity contribution >= 4 is 38.9 Å². The van der Waals surface area contributed by atoms with Gasteiger partial charge in [-0.3, -0.25) is 4.79 Å². The minimum absolute atomic E-state index is 0.0576. The van der Waals surface area contributed by atoms with Gasteiger partial charge in [0.05, 0.1) is 15.5 Å². The summed E-state index contributed by atoms with van der Waals surface area (Å²) >= 11 is 6.22. The van der Waals surface area contributed by atoms with Gasteiger partial charge in [0.25, 0.3) is 5.91 Å². The van der Waals surface area contributed by atoms with E-state index in [4.69, 9.17) is 11.6 Å². The summed E-state index contributed by atoms with van der Waals surface area (Å²) in [6.45, 7) is 6.36. The van der Waals surface area contributed by atoms with Crippen molar-refractivity contribution < 1.29 is 13.2 Å². The van der Waals surface area contributed by atoms with Gasteiger partial charge < -0.3 is 10.2 Å². The van der Waals surface area contributed by atoms with Crippen molar-refractivity contribution in [3.8, 4) is 0 Å². The van der Waals surface area contributed by atoms with E-state index in [-0.39, 0.29) is 15.5 Å². The standard InChI is InChI=1S/C23H30ClN3O3S/c1-3-27(4-2)31(29,30)20-13-14-22(24)21(17-20)23(28)25-18-9-11-19(12-10-18)26-15-7-5-6-8-16-26/h9-14,17H,3-8,15-16H2,1-2H3,(H,25,28). The lowest BCUT2D eigenvalue weighted by atomic mass is 10.2. The molecule has 6 nitrogen and oxygen atoms in total. The van der Waals surface area contributed by atoms with Crippen molar-refractivity contribution in [1.29, 1.82) is 0 Å². The number of hydrogen-bond donors (Lipinski definition) is 1. The van der Waals surface area contributed by atoms with E-state index in [2.05, 4.69) is 10.2 Å². The predicted molar refractivity (Wildman–Crippen MR) is 127 cm³/mol. The lowest BCUT2D eigenvalue weighted by molar-refractivity contribution is 0.102. The summed E-state index contributed by atoms with van der Waals surface area (Å²) in [5.74, 6) is -0.441. The third-order valence-electron chi connectivity index (χ3n) is 5.62. The highest BCUT2D eigenvalue weighted by molar-refractivity contribution is 7.89. The van der Waals surface area contributed by atoms with Crippen LogP contribution in [0.1, 0.15) is 49.9 Å². The summed E-state index contributed by atoms with van der Waals surface area (Å²) in [5.41, 5.74) is 1.91. The molecule has 1 N–H and O–H groups in total. The molecule has 1 amide bonds. The van der Waals surface area contributed by atoms with Crippen molar-refractivity contribution in [2.75, 3.05) is 36.4 Å². The second-order valence-corrected chi connectivity index (χ2v) is 9.98. The van der Waals surface area contributed by atoms with Crippen LogP contribution in [-0.4, -0.2) is 44.8 Å². The summed E-state index contributed by atoms with van der Waals surface area (Å²) < 4.78 is 26.9. The monoisotopic (exact) mass is 463 g/mol. The maximum Gasteiger partial charge on any atom is 0.257 e. The molecule has 0 radical (unpaired) electrons. The van der Waals surface area contributed by atoms with Crippen molar-refractivity contribution in [3.05, 3.63) is 53.1 Å². The molecule has 0 unspecified atom stereocenters. The number of sulfonamides is 1. The number of amides is 1. The minimum Gasteiger partial charge on any atom is -0.372 e. The summed E-state index contributed by atoms with van der Waals surface area (Å²) in [6.07, 6.45) is 4.94. The largest absolute Gasteiger partial charge is 0.372 e.